The molecule has 1 aliphatic carbocycles. The Morgan fingerprint density at radius 1 is 1.22 bits per heavy atom. The molecule has 0 amide bonds. The van der Waals surface area contributed by atoms with E-state index in [1.54, 1.807) is 18.5 Å². The number of rotatable bonds is 4. The molecule has 100 valence electrons. The minimum atomic E-state index is -3.32. The van der Waals surface area contributed by atoms with Gasteiger partial charge in [-0.1, -0.05) is 0 Å². The number of aromatic nitrogens is 2. The molecule has 6 heteroatoms. The fourth-order valence-corrected chi connectivity index (χ4v) is 3.06. The van der Waals surface area contributed by atoms with Gasteiger partial charge in [0.25, 0.3) is 10.1 Å². The van der Waals surface area contributed by atoms with E-state index in [0.29, 0.717) is 5.92 Å². The van der Waals surface area contributed by atoms with Crippen LogP contribution in [0.2, 0.25) is 0 Å². The maximum Gasteiger partial charge on any atom is 0.264 e. The molecule has 0 bridgehead atoms. The van der Waals surface area contributed by atoms with Crippen molar-refractivity contribution in [3.63, 3.8) is 0 Å². The zero-order chi connectivity index (χ0) is 13.0. The Bertz CT molecular complexity index is 467. The lowest BCUT2D eigenvalue weighted by atomic mass is 9.85. The van der Waals surface area contributed by atoms with E-state index >= 15 is 0 Å². The van der Waals surface area contributed by atoms with Crippen molar-refractivity contribution in [2.24, 2.45) is 5.92 Å². The highest BCUT2D eigenvalue weighted by Gasteiger charge is 2.24. The Hall–Kier alpha value is -1.01. The number of hydrogen-bond donors (Lipinski definition) is 0. The predicted octanol–water partition coefficient (Wildman–Crippen LogP) is 1.55. The van der Waals surface area contributed by atoms with Gasteiger partial charge in [-0.15, -0.1) is 0 Å². The molecule has 0 aliphatic heterocycles. The Balaban J connectivity index is 1.80. The lowest BCUT2D eigenvalue weighted by molar-refractivity contribution is 0.138. The second kappa shape index (κ2) is 5.75. The summed E-state index contributed by atoms with van der Waals surface area (Å²) >= 11 is 0. The molecule has 1 aliphatic rings. The second-order valence-electron chi connectivity index (χ2n) is 4.81. The standard InChI is InChI=1S/C12H18N2O3S/c1-18(15,16)17-11-5-3-10(4-6-11)9-12-13-7-2-8-14-12/h2,7-8,10-11H,3-6,9H2,1H3. The highest BCUT2D eigenvalue weighted by Crippen LogP contribution is 2.28. The van der Waals surface area contributed by atoms with Gasteiger partial charge in [0, 0.05) is 18.8 Å². The van der Waals surface area contributed by atoms with Crippen LogP contribution in [0.15, 0.2) is 18.5 Å². The van der Waals surface area contributed by atoms with Crippen molar-refractivity contribution in [2.45, 2.75) is 38.2 Å². The molecule has 0 spiro atoms. The molecule has 1 saturated carbocycles. The molecule has 0 saturated heterocycles. The third kappa shape index (κ3) is 4.34. The maximum atomic E-state index is 11.0. The Morgan fingerprint density at radius 2 is 1.83 bits per heavy atom. The van der Waals surface area contributed by atoms with Gasteiger partial charge in [0.1, 0.15) is 5.82 Å². The summed E-state index contributed by atoms with van der Waals surface area (Å²) in [6.45, 7) is 0. The Morgan fingerprint density at radius 3 is 2.39 bits per heavy atom. The molecular weight excluding hydrogens is 252 g/mol. The van der Waals surface area contributed by atoms with Gasteiger partial charge in [-0.25, -0.2) is 9.97 Å². The minimum Gasteiger partial charge on any atom is -0.267 e. The summed E-state index contributed by atoms with van der Waals surface area (Å²) < 4.78 is 27.1. The summed E-state index contributed by atoms with van der Waals surface area (Å²) in [7, 11) is -3.32. The van der Waals surface area contributed by atoms with E-state index in [2.05, 4.69) is 9.97 Å². The molecule has 1 heterocycles. The molecule has 0 unspecified atom stereocenters. The van der Waals surface area contributed by atoms with E-state index in [0.717, 1.165) is 44.2 Å². The van der Waals surface area contributed by atoms with Crippen molar-refractivity contribution in [3.05, 3.63) is 24.3 Å². The van der Waals surface area contributed by atoms with Crippen LogP contribution in [0.1, 0.15) is 31.5 Å². The Labute approximate surface area is 108 Å². The highest BCUT2D eigenvalue weighted by molar-refractivity contribution is 7.86. The van der Waals surface area contributed by atoms with Crippen LogP contribution >= 0.6 is 0 Å². The summed E-state index contributed by atoms with van der Waals surface area (Å²) in [5.41, 5.74) is 0. The van der Waals surface area contributed by atoms with Crippen LogP contribution in [0.3, 0.4) is 0 Å². The lowest BCUT2D eigenvalue weighted by Gasteiger charge is -2.27. The van der Waals surface area contributed by atoms with E-state index in [-0.39, 0.29) is 6.10 Å². The van der Waals surface area contributed by atoms with Gasteiger partial charge in [0.05, 0.1) is 12.4 Å². The van der Waals surface area contributed by atoms with Crippen LogP contribution in [0, 0.1) is 5.92 Å². The SMILES string of the molecule is CS(=O)(=O)OC1CCC(Cc2ncccn2)CC1. The van der Waals surface area contributed by atoms with Crippen LogP contribution in [0.5, 0.6) is 0 Å². The van der Waals surface area contributed by atoms with Crippen molar-refractivity contribution >= 4 is 10.1 Å². The quantitative estimate of drug-likeness (QED) is 0.776. The molecule has 0 atom stereocenters. The summed E-state index contributed by atoms with van der Waals surface area (Å²) in [5, 5.41) is 0. The molecule has 18 heavy (non-hydrogen) atoms. The van der Waals surface area contributed by atoms with Crippen molar-refractivity contribution in [3.8, 4) is 0 Å². The van der Waals surface area contributed by atoms with Gasteiger partial charge in [-0.2, -0.15) is 8.42 Å². The van der Waals surface area contributed by atoms with Gasteiger partial charge >= 0.3 is 0 Å². The number of hydrogen-bond acceptors (Lipinski definition) is 5. The fourth-order valence-electron chi connectivity index (χ4n) is 2.37. The molecule has 1 aromatic rings. The van der Waals surface area contributed by atoms with Crippen molar-refractivity contribution in [1.82, 2.24) is 9.97 Å². The maximum absolute atomic E-state index is 11.0. The topological polar surface area (TPSA) is 69.2 Å². The first-order valence-corrected chi connectivity index (χ1v) is 7.99. The third-order valence-electron chi connectivity index (χ3n) is 3.20. The molecular formula is C12H18N2O3S. The van der Waals surface area contributed by atoms with Crippen LogP contribution in [0.4, 0.5) is 0 Å². The molecule has 2 rings (SSSR count). The second-order valence-corrected chi connectivity index (χ2v) is 6.41. The normalized spacial score (nSPS) is 24.9. The molecule has 0 N–H and O–H groups in total. The van der Waals surface area contributed by atoms with Gasteiger partial charge in [-0.3, -0.25) is 4.18 Å². The molecule has 1 aromatic heterocycles. The zero-order valence-electron chi connectivity index (χ0n) is 10.4. The monoisotopic (exact) mass is 270 g/mol. The summed E-state index contributed by atoms with van der Waals surface area (Å²) in [5.74, 6) is 1.40. The third-order valence-corrected chi connectivity index (χ3v) is 3.82. The van der Waals surface area contributed by atoms with Gasteiger partial charge in [0.2, 0.25) is 0 Å². The van der Waals surface area contributed by atoms with Crippen molar-refractivity contribution in [1.29, 1.82) is 0 Å². The van der Waals surface area contributed by atoms with E-state index < -0.39 is 10.1 Å². The first-order chi connectivity index (χ1) is 8.53. The van der Waals surface area contributed by atoms with Gasteiger partial charge in [0.15, 0.2) is 0 Å². The van der Waals surface area contributed by atoms with E-state index in [4.69, 9.17) is 4.18 Å². The highest BCUT2D eigenvalue weighted by atomic mass is 32.2. The van der Waals surface area contributed by atoms with E-state index in [1.165, 1.54) is 0 Å². The smallest absolute Gasteiger partial charge is 0.264 e. The van der Waals surface area contributed by atoms with Crippen molar-refractivity contribution < 1.29 is 12.6 Å². The van der Waals surface area contributed by atoms with E-state index in [1.807, 2.05) is 0 Å². The first-order valence-electron chi connectivity index (χ1n) is 6.17. The largest absolute Gasteiger partial charge is 0.267 e. The number of nitrogens with zero attached hydrogens (tertiary/aromatic N) is 2. The minimum absolute atomic E-state index is 0.145. The van der Waals surface area contributed by atoms with Crippen LogP contribution in [-0.2, 0) is 20.7 Å². The van der Waals surface area contributed by atoms with Crippen molar-refractivity contribution in [2.75, 3.05) is 6.26 Å². The molecule has 0 radical (unpaired) electrons. The molecule has 5 nitrogen and oxygen atoms in total. The summed E-state index contributed by atoms with van der Waals surface area (Å²) in [6.07, 6.45) is 8.87. The molecule has 1 fully saturated rings. The van der Waals surface area contributed by atoms with E-state index in [9.17, 15) is 8.42 Å². The zero-order valence-corrected chi connectivity index (χ0v) is 11.3. The van der Waals surface area contributed by atoms with Gasteiger partial charge in [-0.05, 0) is 37.7 Å². The van der Waals surface area contributed by atoms with Gasteiger partial charge < -0.3 is 0 Å². The van der Waals surface area contributed by atoms with Crippen LogP contribution in [-0.4, -0.2) is 30.7 Å². The lowest BCUT2D eigenvalue weighted by Crippen LogP contribution is -2.25. The predicted molar refractivity (Wildman–Crippen MR) is 67.4 cm³/mol. The summed E-state index contributed by atoms with van der Waals surface area (Å²) in [4.78, 5) is 8.43. The first kappa shape index (κ1) is 13.4. The Kier molecular flexibility index (Phi) is 4.29. The average molecular weight is 270 g/mol. The summed E-state index contributed by atoms with van der Waals surface area (Å²) in [6, 6.07) is 1.81. The fraction of sp³-hybridized carbons (Fsp3) is 0.667. The molecule has 0 aromatic carbocycles. The average Bonchev–Trinajstić information content (AvgIpc) is 2.31. The van der Waals surface area contributed by atoms with Crippen LogP contribution < -0.4 is 0 Å². The van der Waals surface area contributed by atoms with Crippen LogP contribution in [0.25, 0.3) is 0 Å².